The Morgan fingerprint density at radius 3 is 2.67 bits per heavy atom. The van der Waals surface area contributed by atoms with E-state index in [-0.39, 0.29) is 13.2 Å². The van der Waals surface area contributed by atoms with Gasteiger partial charge in [-0.15, -0.1) is 0 Å². The van der Waals surface area contributed by atoms with Crippen molar-refractivity contribution in [2.45, 2.75) is 0 Å². The third-order valence-corrected chi connectivity index (χ3v) is 2.87. The molecule has 2 N–H and O–H groups in total. The van der Waals surface area contributed by atoms with E-state index in [1.54, 1.807) is 6.07 Å². The standard InChI is InChI=1S/C16H16N2O3/c1-2-21-11-10-17-15(19)16(20)18-14-9-5-7-12-6-3-4-8-13(12)14/h2-9H,1,10-11H2,(H,17,19)(H,18,20). The second-order valence-electron chi connectivity index (χ2n) is 4.27. The Morgan fingerprint density at radius 2 is 1.86 bits per heavy atom. The topological polar surface area (TPSA) is 67.4 Å². The Kier molecular flexibility index (Phi) is 4.93. The number of ether oxygens (including phenoxy) is 1. The van der Waals surface area contributed by atoms with E-state index in [4.69, 9.17) is 4.74 Å². The maximum Gasteiger partial charge on any atom is 0.313 e. The van der Waals surface area contributed by atoms with Crippen LogP contribution >= 0.6 is 0 Å². The molecule has 0 saturated carbocycles. The van der Waals surface area contributed by atoms with Gasteiger partial charge in [-0.2, -0.15) is 0 Å². The molecule has 0 bridgehead atoms. The van der Waals surface area contributed by atoms with E-state index in [0.29, 0.717) is 5.69 Å². The summed E-state index contributed by atoms with van der Waals surface area (Å²) in [5.74, 6) is -1.40. The van der Waals surface area contributed by atoms with Crippen molar-refractivity contribution in [3.05, 3.63) is 55.3 Å². The summed E-state index contributed by atoms with van der Waals surface area (Å²) in [6, 6.07) is 13.2. The lowest BCUT2D eigenvalue weighted by Crippen LogP contribution is -2.37. The fraction of sp³-hybridized carbons (Fsp3) is 0.125. The Hall–Kier alpha value is -2.82. The molecule has 2 aromatic rings. The Bertz CT molecular complexity index is 662. The zero-order chi connectivity index (χ0) is 15.1. The molecule has 108 valence electrons. The molecule has 21 heavy (non-hydrogen) atoms. The number of amides is 2. The summed E-state index contributed by atoms with van der Waals surface area (Å²) in [5, 5.41) is 6.96. The SMILES string of the molecule is C=COCCNC(=O)C(=O)Nc1cccc2ccccc12. The maximum absolute atomic E-state index is 11.8. The molecule has 0 unspecified atom stereocenters. The van der Waals surface area contributed by atoms with Crippen LogP contribution in [-0.2, 0) is 14.3 Å². The van der Waals surface area contributed by atoms with Crippen molar-refractivity contribution >= 4 is 28.3 Å². The molecule has 2 rings (SSSR count). The Morgan fingerprint density at radius 1 is 1.10 bits per heavy atom. The lowest BCUT2D eigenvalue weighted by molar-refractivity contribution is -0.136. The van der Waals surface area contributed by atoms with Crippen molar-refractivity contribution in [2.75, 3.05) is 18.5 Å². The first-order valence-corrected chi connectivity index (χ1v) is 6.52. The first kappa shape index (κ1) is 14.6. The summed E-state index contributed by atoms with van der Waals surface area (Å²) in [6.45, 7) is 3.90. The van der Waals surface area contributed by atoms with Crippen LogP contribution in [0, 0.1) is 0 Å². The molecule has 0 aliphatic heterocycles. The lowest BCUT2D eigenvalue weighted by atomic mass is 10.1. The van der Waals surface area contributed by atoms with Gasteiger partial charge in [0.25, 0.3) is 0 Å². The number of hydrogen-bond donors (Lipinski definition) is 2. The second-order valence-corrected chi connectivity index (χ2v) is 4.27. The fourth-order valence-corrected chi connectivity index (χ4v) is 1.90. The zero-order valence-corrected chi connectivity index (χ0v) is 11.5. The predicted molar refractivity (Wildman–Crippen MR) is 81.7 cm³/mol. The van der Waals surface area contributed by atoms with E-state index >= 15 is 0 Å². The summed E-state index contributed by atoms with van der Waals surface area (Å²) in [5.41, 5.74) is 0.607. The van der Waals surface area contributed by atoms with Crippen molar-refractivity contribution in [2.24, 2.45) is 0 Å². The summed E-state index contributed by atoms with van der Waals surface area (Å²) in [6.07, 6.45) is 1.28. The van der Waals surface area contributed by atoms with Gasteiger partial charge in [-0.1, -0.05) is 43.0 Å². The average molecular weight is 284 g/mol. The molecule has 0 aliphatic carbocycles. The van der Waals surface area contributed by atoms with Crippen LogP contribution in [0.2, 0.25) is 0 Å². The first-order valence-electron chi connectivity index (χ1n) is 6.52. The van der Waals surface area contributed by atoms with E-state index in [1.165, 1.54) is 6.26 Å². The van der Waals surface area contributed by atoms with Crippen molar-refractivity contribution in [3.63, 3.8) is 0 Å². The molecule has 2 amide bonds. The molecule has 0 spiro atoms. The fourth-order valence-electron chi connectivity index (χ4n) is 1.90. The molecule has 0 aliphatic rings. The number of carbonyl (C=O) groups is 2. The molecule has 0 heterocycles. The van der Waals surface area contributed by atoms with Crippen LogP contribution in [0.3, 0.4) is 0 Å². The molecular formula is C16H16N2O3. The van der Waals surface area contributed by atoms with Crippen molar-refractivity contribution in [1.82, 2.24) is 5.32 Å². The minimum absolute atomic E-state index is 0.244. The van der Waals surface area contributed by atoms with Crippen LogP contribution in [0.25, 0.3) is 10.8 Å². The van der Waals surface area contributed by atoms with Gasteiger partial charge in [-0.25, -0.2) is 0 Å². The largest absolute Gasteiger partial charge is 0.500 e. The average Bonchev–Trinajstić information content (AvgIpc) is 2.51. The smallest absolute Gasteiger partial charge is 0.313 e. The highest BCUT2D eigenvalue weighted by Crippen LogP contribution is 2.22. The maximum atomic E-state index is 11.8. The van der Waals surface area contributed by atoms with E-state index in [2.05, 4.69) is 17.2 Å². The van der Waals surface area contributed by atoms with Crippen molar-refractivity contribution in [1.29, 1.82) is 0 Å². The molecule has 0 fully saturated rings. The number of carbonyl (C=O) groups excluding carboxylic acids is 2. The van der Waals surface area contributed by atoms with Gasteiger partial charge in [0.05, 0.1) is 12.8 Å². The van der Waals surface area contributed by atoms with Crippen LogP contribution in [0.15, 0.2) is 55.3 Å². The lowest BCUT2D eigenvalue weighted by Gasteiger charge is -2.09. The van der Waals surface area contributed by atoms with Gasteiger partial charge < -0.3 is 15.4 Å². The van der Waals surface area contributed by atoms with Gasteiger partial charge in [0, 0.05) is 11.1 Å². The quantitative estimate of drug-likeness (QED) is 0.501. The number of benzene rings is 2. The van der Waals surface area contributed by atoms with E-state index < -0.39 is 11.8 Å². The molecular weight excluding hydrogens is 268 g/mol. The van der Waals surface area contributed by atoms with Gasteiger partial charge in [0.2, 0.25) is 0 Å². The summed E-state index contributed by atoms with van der Waals surface area (Å²) in [4.78, 5) is 23.5. The molecule has 2 aromatic carbocycles. The highest BCUT2D eigenvalue weighted by Gasteiger charge is 2.14. The molecule has 5 heteroatoms. The van der Waals surface area contributed by atoms with Crippen molar-refractivity contribution < 1.29 is 14.3 Å². The third kappa shape index (κ3) is 3.82. The van der Waals surface area contributed by atoms with Crippen LogP contribution in [0.1, 0.15) is 0 Å². The van der Waals surface area contributed by atoms with Gasteiger partial charge in [0.15, 0.2) is 0 Å². The Balaban J connectivity index is 2.01. The van der Waals surface area contributed by atoms with E-state index in [0.717, 1.165) is 10.8 Å². The van der Waals surface area contributed by atoms with Gasteiger partial charge in [-0.3, -0.25) is 9.59 Å². The number of hydrogen-bond acceptors (Lipinski definition) is 3. The van der Waals surface area contributed by atoms with Gasteiger partial charge in [-0.05, 0) is 11.5 Å². The minimum atomic E-state index is -0.704. The summed E-state index contributed by atoms with van der Waals surface area (Å²) < 4.78 is 4.86. The van der Waals surface area contributed by atoms with E-state index in [1.807, 2.05) is 36.4 Å². The van der Waals surface area contributed by atoms with Crippen molar-refractivity contribution in [3.8, 4) is 0 Å². The Labute approximate surface area is 122 Å². The number of nitrogens with one attached hydrogen (secondary N) is 2. The summed E-state index contributed by atoms with van der Waals surface area (Å²) >= 11 is 0. The molecule has 0 radical (unpaired) electrons. The predicted octanol–water partition coefficient (Wildman–Crippen LogP) is 2.05. The number of fused-ring (bicyclic) bond motifs is 1. The van der Waals surface area contributed by atoms with Crippen LogP contribution < -0.4 is 10.6 Å². The molecule has 0 saturated heterocycles. The highest BCUT2D eigenvalue weighted by molar-refractivity contribution is 6.40. The highest BCUT2D eigenvalue weighted by atomic mass is 16.5. The van der Waals surface area contributed by atoms with E-state index in [9.17, 15) is 9.59 Å². The first-order chi connectivity index (χ1) is 10.2. The van der Waals surface area contributed by atoms with Crippen LogP contribution in [0.4, 0.5) is 5.69 Å². The molecule has 0 aromatic heterocycles. The third-order valence-electron chi connectivity index (χ3n) is 2.87. The van der Waals surface area contributed by atoms with Gasteiger partial charge >= 0.3 is 11.8 Å². The molecule has 5 nitrogen and oxygen atoms in total. The summed E-state index contributed by atoms with van der Waals surface area (Å²) in [7, 11) is 0. The van der Waals surface area contributed by atoms with Crippen LogP contribution in [0.5, 0.6) is 0 Å². The number of rotatable bonds is 5. The second kappa shape index (κ2) is 7.09. The minimum Gasteiger partial charge on any atom is -0.500 e. The van der Waals surface area contributed by atoms with Gasteiger partial charge in [0.1, 0.15) is 6.61 Å². The normalized spacial score (nSPS) is 9.90. The monoisotopic (exact) mass is 284 g/mol. The zero-order valence-electron chi connectivity index (χ0n) is 11.5. The number of anilines is 1. The molecule has 0 atom stereocenters. The van der Waals surface area contributed by atoms with Crippen LogP contribution in [-0.4, -0.2) is 25.0 Å².